The summed E-state index contributed by atoms with van der Waals surface area (Å²) in [6, 6.07) is 0. The Morgan fingerprint density at radius 2 is 1.80 bits per heavy atom. The average molecular weight is 211 g/mol. The molecule has 0 saturated carbocycles. The van der Waals surface area contributed by atoms with Crippen LogP contribution < -0.4 is 0 Å². The van der Waals surface area contributed by atoms with E-state index in [9.17, 15) is 4.79 Å². The fourth-order valence-electron chi connectivity index (χ4n) is 2.32. The minimum atomic E-state index is 0.379. The van der Waals surface area contributed by atoms with Gasteiger partial charge in [0, 0.05) is 6.42 Å². The third-order valence-electron chi connectivity index (χ3n) is 3.61. The quantitative estimate of drug-likeness (QED) is 0.715. The number of ketones is 1. The Morgan fingerprint density at radius 1 is 1.27 bits per heavy atom. The number of carbonyl (C=O) groups excluding carboxylic acids is 1. The molecule has 1 aliphatic rings. The molecule has 88 valence electrons. The zero-order valence-electron chi connectivity index (χ0n) is 10.7. The Balaban J connectivity index is 2.33. The fraction of sp³-hybridized carbons (Fsp3) is 0.923. The molecule has 0 amide bonds. The van der Waals surface area contributed by atoms with Gasteiger partial charge < -0.3 is 0 Å². The first-order chi connectivity index (χ1) is 6.93. The van der Waals surface area contributed by atoms with Crippen molar-refractivity contribution >= 4 is 5.78 Å². The third-order valence-corrected chi connectivity index (χ3v) is 3.61. The van der Waals surface area contributed by atoms with Crippen LogP contribution in [0.4, 0.5) is 0 Å². The van der Waals surface area contributed by atoms with Crippen molar-refractivity contribution in [3.8, 4) is 0 Å². The third kappa shape index (κ3) is 3.94. The van der Waals surface area contributed by atoms with Gasteiger partial charge in [0.25, 0.3) is 0 Å². The summed E-state index contributed by atoms with van der Waals surface area (Å²) in [5, 5.41) is 0. The van der Waals surface area contributed by atoms with Gasteiger partial charge in [0.2, 0.25) is 0 Å². The van der Waals surface area contributed by atoms with Gasteiger partial charge in [-0.2, -0.15) is 0 Å². The van der Waals surface area contributed by atoms with Gasteiger partial charge in [-0.1, -0.05) is 27.7 Å². The highest BCUT2D eigenvalue weighted by molar-refractivity contribution is 5.80. The predicted octanol–water partition coefficient (Wildman–Crippen LogP) is 2.72. The Morgan fingerprint density at radius 3 is 2.20 bits per heavy atom. The van der Waals surface area contributed by atoms with Gasteiger partial charge in [0.1, 0.15) is 5.78 Å². The molecule has 0 atom stereocenters. The number of hydrogen-bond donors (Lipinski definition) is 0. The maximum atomic E-state index is 11.3. The summed E-state index contributed by atoms with van der Waals surface area (Å²) < 4.78 is 0. The second-order valence-electron chi connectivity index (χ2n) is 5.81. The van der Waals surface area contributed by atoms with Gasteiger partial charge >= 0.3 is 0 Å². The molecule has 1 rings (SSSR count). The lowest BCUT2D eigenvalue weighted by atomic mass is 9.75. The van der Waals surface area contributed by atoms with Crippen molar-refractivity contribution in [2.45, 2.75) is 47.0 Å². The molecule has 0 N–H and O–H groups in total. The minimum Gasteiger partial charge on any atom is -0.298 e. The first kappa shape index (κ1) is 12.7. The summed E-state index contributed by atoms with van der Waals surface area (Å²) in [5.41, 5.74) is 0.431. The molecule has 0 aromatic rings. The molecule has 2 nitrogen and oxygen atoms in total. The van der Waals surface area contributed by atoms with Gasteiger partial charge in [-0.05, 0) is 37.3 Å². The van der Waals surface area contributed by atoms with E-state index in [0.29, 0.717) is 24.2 Å². The van der Waals surface area contributed by atoms with E-state index in [-0.39, 0.29) is 0 Å². The summed E-state index contributed by atoms with van der Waals surface area (Å²) in [5.74, 6) is 1.20. The van der Waals surface area contributed by atoms with Crippen LogP contribution in [0.1, 0.15) is 47.0 Å². The molecule has 0 aromatic heterocycles. The summed E-state index contributed by atoms with van der Waals surface area (Å²) in [7, 11) is 0. The van der Waals surface area contributed by atoms with Crippen molar-refractivity contribution in [3.63, 3.8) is 0 Å². The largest absolute Gasteiger partial charge is 0.298 e. The molecular weight excluding hydrogens is 186 g/mol. The number of carbonyl (C=O) groups is 1. The van der Waals surface area contributed by atoms with Crippen LogP contribution in [0, 0.1) is 11.3 Å². The van der Waals surface area contributed by atoms with Crippen molar-refractivity contribution in [1.29, 1.82) is 0 Å². The van der Waals surface area contributed by atoms with E-state index in [1.807, 2.05) is 6.92 Å². The lowest BCUT2D eigenvalue weighted by molar-refractivity contribution is -0.120. The zero-order chi connectivity index (χ0) is 11.5. The van der Waals surface area contributed by atoms with Crippen LogP contribution in [0.25, 0.3) is 0 Å². The molecular formula is C13H25NO. The van der Waals surface area contributed by atoms with Crippen LogP contribution in [-0.4, -0.2) is 30.3 Å². The van der Waals surface area contributed by atoms with E-state index in [2.05, 4.69) is 25.7 Å². The highest BCUT2D eigenvalue weighted by Crippen LogP contribution is 2.34. The van der Waals surface area contributed by atoms with Crippen LogP contribution in [0.5, 0.6) is 0 Å². The van der Waals surface area contributed by atoms with Crippen LogP contribution >= 0.6 is 0 Å². The Hall–Kier alpha value is -0.370. The number of piperidine rings is 1. The van der Waals surface area contributed by atoms with Crippen molar-refractivity contribution in [1.82, 2.24) is 4.90 Å². The van der Waals surface area contributed by atoms with Crippen LogP contribution in [0.3, 0.4) is 0 Å². The Bertz CT molecular complexity index is 209. The van der Waals surface area contributed by atoms with E-state index < -0.39 is 0 Å². The molecule has 0 bridgehead atoms. The number of Topliss-reactive ketones (excluding diaryl/α,β-unsaturated/α-hetero) is 1. The monoisotopic (exact) mass is 211 g/mol. The molecule has 1 fully saturated rings. The lowest BCUT2D eigenvalue weighted by Gasteiger charge is -2.38. The van der Waals surface area contributed by atoms with E-state index in [4.69, 9.17) is 0 Å². The standard InChI is InChI=1S/C13H25NO/c1-5-12(15)10-14-8-6-11(7-9-14)13(2,3)4/h11H,5-10H2,1-4H3. The number of nitrogens with zero attached hydrogens (tertiary/aromatic N) is 1. The van der Waals surface area contributed by atoms with Crippen LogP contribution in [-0.2, 0) is 4.79 Å². The van der Waals surface area contributed by atoms with E-state index in [1.165, 1.54) is 12.8 Å². The summed E-state index contributed by atoms with van der Waals surface area (Å²) >= 11 is 0. The second kappa shape index (κ2) is 5.11. The summed E-state index contributed by atoms with van der Waals surface area (Å²) in [6.07, 6.45) is 3.18. The summed E-state index contributed by atoms with van der Waals surface area (Å²) in [6.45, 7) is 11.8. The fourth-order valence-corrected chi connectivity index (χ4v) is 2.32. The Labute approximate surface area is 94.0 Å². The number of likely N-dealkylation sites (tertiary alicyclic amines) is 1. The van der Waals surface area contributed by atoms with Crippen LogP contribution in [0.15, 0.2) is 0 Å². The number of rotatable bonds is 3. The molecule has 15 heavy (non-hydrogen) atoms. The molecule has 0 unspecified atom stereocenters. The van der Waals surface area contributed by atoms with E-state index in [0.717, 1.165) is 19.0 Å². The molecule has 0 spiro atoms. The topological polar surface area (TPSA) is 20.3 Å². The van der Waals surface area contributed by atoms with Gasteiger partial charge in [-0.3, -0.25) is 9.69 Å². The van der Waals surface area contributed by atoms with Gasteiger partial charge in [0.05, 0.1) is 6.54 Å². The smallest absolute Gasteiger partial charge is 0.146 e. The maximum absolute atomic E-state index is 11.3. The molecule has 0 radical (unpaired) electrons. The summed E-state index contributed by atoms with van der Waals surface area (Å²) in [4.78, 5) is 13.6. The Kier molecular flexibility index (Phi) is 4.32. The van der Waals surface area contributed by atoms with Crippen molar-refractivity contribution < 1.29 is 4.79 Å². The maximum Gasteiger partial charge on any atom is 0.146 e. The van der Waals surface area contributed by atoms with Crippen molar-refractivity contribution in [3.05, 3.63) is 0 Å². The van der Waals surface area contributed by atoms with Crippen molar-refractivity contribution in [2.75, 3.05) is 19.6 Å². The van der Waals surface area contributed by atoms with E-state index >= 15 is 0 Å². The normalized spacial score (nSPS) is 20.5. The first-order valence-corrected chi connectivity index (χ1v) is 6.17. The second-order valence-corrected chi connectivity index (χ2v) is 5.81. The SMILES string of the molecule is CCC(=O)CN1CCC(C(C)(C)C)CC1. The zero-order valence-corrected chi connectivity index (χ0v) is 10.7. The van der Waals surface area contributed by atoms with Gasteiger partial charge in [-0.15, -0.1) is 0 Å². The molecule has 2 heteroatoms. The van der Waals surface area contributed by atoms with Gasteiger partial charge in [-0.25, -0.2) is 0 Å². The molecule has 0 aliphatic carbocycles. The average Bonchev–Trinajstić information content (AvgIpc) is 2.17. The van der Waals surface area contributed by atoms with Gasteiger partial charge in [0.15, 0.2) is 0 Å². The molecule has 1 saturated heterocycles. The molecule has 1 heterocycles. The van der Waals surface area contributed by atoms with Crippen molar-refractivity contribution in [2.24, 2.45) is 11.3 Å². The molecule has 0 aromatic carbocycles. The first-order valence-electron chi connectivity index (χ1n) is 6.17. The highest BCUT2D eigenvalue weighted by atomic mass is 16.1. The van der Waals surface area contributed by atoms with Crippen LogP contribution in [0.2, 0.25) is 0 Å². The predicted molar refractivity (Wildman–Crippen MR) is 63.9 cm³/mol. The molecule has 1 aliphatic heterocycles. The minimum absolute atomic E-state index is 0.379. The highest BCUT2D eigenvalue weighted by Gasteiger charge is 2.28. The van der Waals surface area contributed by atoms with E-state index in [1.54, 1.807) is 0 Å². The number of hydrogen-bond acceptors (Lipinski definition) is 2. The lowest BCUT2D eigenvalue weighted by Crippen LogP contribution is -2.40.